The number of hydrogen-bond acceptors (Lipinski definition) is 4. The van der Waals surface area contributed by atoms with Crippen molar-refractivity contribution in [2.45, 2.75) is 32.7 Å². The Balaban J connectivity index is 1.64. The number of aliphatic hydroxyl groups excluding tert-OH is 1. The van der Waals surface area contributed by atoms with Crippen molar-refractivity contribution >= 4 is 0 Å². The Kier molecular flexibility index (Phi) is 4.60. The van der Waals surface area contributed by atoms with Crippen LogP contribution in [0.1, 0.15) is 31.9 Å². The van der Waals surface area contributed by atoms with Gasteiger partial charge >= 0.3 is 0 Å². The maximum Gasteiger partial charge on any atom is 0.151 e. The van der Waals surface area contributed by atoms with Crippen LogP contribution in [0.25, 0.3) is 11.3 Å². The lowest BCUT2D eigenvalue weighted by molar-refractivity contribution is 0.115. The molecular weight excluding hydrogens is 276 g/mol. The van der Waals surface area contributed by atoms with E-state index in [1.54, 1.807) is 0 Å². The molecular formula is C18H24N2O2. The molecule has 1 aliphatic rings. The van der Waals surface area contributed by atoms with Gasteiger partial charge in [0.05, 0.1) is 6.54 Å². The molecule has 4 heteroatoms. The highest BCUT2D eigenvalue weighted by atomic mass is 16.5. The summed E-state index contributed by atoms with van der Waals surface area (Å²) in [6, 6.07) is 12.1. The van der Waals surface area contributed by atoms with Crippen LogP contribution in [-0.2, 0) is 6.54 Å². The zero-order valence-corrected chi connectivity index (χ0v) is 13.2. The fraction of sp³-hybridized carbons (Fsp3) is 0.500. The molecule has 1 N–H and O–H groups in total. The second-order valence-corrected chi connectivity index (χ2v) is 6.41. The van der Waals surface area contributed by atoms with Gasteiger partial charge in [0.1, 0.15) is 5.69 Å². The highest BCUT2D eigenvalue weighted by Crippen LogP contribution is 2.35. The van der Waals surface area contributed by atoms with Crippen molar-refractivity contribution in [2.75, 3.05) is 19.7 Å². The lowest BCUT2D eigenvalue weighted by Gasteiger charge is -2.26. The molecule has 1 aromatic carbocycles. The molecule has 0 bridgehead atoms. The van der Waals surface area contributed by atoms with Crippen LogP contribution in [0.3, 0.4) is 0 Å². The van der Waals surface area contributed by atoms with E-state index >= 15 is 0 Å². The molecule has 0 amide bonds. The lowest BCUT2D eigenvalue weighted by Crippen LogP contribution is -2.30. The first-order chi connectivity index (χ1) is 10.7. The van der Waals surface area contributed by atoms with E-state index in [1.807, 2.05) is 36.4 Å². The Morgan fingerprint density at radius 3 is 2.86 bits per heavy atom. The monoisotopic (exact) mass is 300 g/mol. The third-order valence-electron chi connectivity index (χ3n) is 4.64. The van der Waals surface area contributed by atoms with E-state index in [2.05, 4.69) is 17.0 Å². The SMILES string of the molecule is CCCC1(CO)CCN(Cc2cc(-c3ccccc3)no2)C1. The van der Waals surface area contributed by atoms with Gasteiger partial charge in [0.15, 0.2) is 5.76 Å². The van der Waals surface area contributed by atoms with E-state index in [1.165, 1.54) is 0 Å². The van der Waals surface area contributed by atoms with Crippen LogP contribution in [-0.4, -0.2) is 34.9 Å². The van der Waals surface area contributed by atoms with E-state index in [9.17, 15) is 5.11 Å². The number of rotatable bonds is 6. The Hall–Kier alpha value is -1.65. The Labute approximate surface area is 131 Å². The van der Waals surface area contributed by atoms with Crippen LogP contribution < -0.4 is 0 Å². The van der Waals surface area contributed by atoms with Crippen LogP contribution in [0.15, 0.2) is 40.9 Å². The lowest BCUT2D eigenvalue weighted by atomic mass is 9.83. The van der Waals surface area contributed by atoms with Crippen LogP contribution in [0.4, 0.5) is 0 Å². The number of aliphatic hydroxyl groups is 1. The smallest absolute Gasteiger partial charge is 0.151 e. The summed E-state index contributed by atoms with van der Waals surface area (Å²) in [5, 5.41) is 13.9. The third kappa shape index (κ3) is 3.23. The maximum absolute atomic E-state index is 9.72. The molecule has 1 saturated heterocycles. The zero-order chi connectivity index (χ0) is 15.4. The fourth-order valence-corrected chi connectivity index (χ4v) is 3.46. The van der Waals surface area contributed by atoms with Crippen molar-refractivity contribution in [1.82, 2.24) is 10.1 Å². The van der Waals surface area contributed by atoms with Crippen LogP contribution >= 0.6 is 0 Å². The molecule has 1 aliphatic heterocycles. The van der Waals surface area contributed by atoms with E-state index in [0.29, 0.717) is 0 Å². The molecule has 0 spiro atoms. The molecule has 0 aliphatic carbocycles. The second-order valence-electron chi connectivity index (χ2n) is 6.41. The van der Waals surface area contributed by atoms with Gasteiger partial charge in [-0.05, 0) is 19.4 Å². The topological polar surface area (TPSA) is 49.5 Å². The third-order valence-corrected chi connectivity index (χ3v) is 4.64. The normalized spacial score (nSPS) is 22.3. The fourth-order valence-electron chi connectivity index (χ4n) is 3.46. The molecule has 1 aromatic heterocycles. The molecule has 1 fully saturated rings. The van der Waals surface area contributed by atoms with Gasteiger partial charge in [0.25, 0.3) is 0 Å². The Bertz CT molecular complexity index is 596. The number of hydrogen-bond donors (Lipinski definition) is 1. The molecule has 2 heterocycles. The van der Waals surface area contributed by atoms with E-state index in [0.717, 1.165) is 55.9 Å². The average molecular weight is 300 g/mol. The van der Waals surface area contributed by atoms with Crippen molar-refractivity contribution in [1.29, 1.82) is 0 Å². The van der Waals surface area contributed by atoms with E-state index in [4.69, 9.17) is 4.52 Å². The quantitative estimate of drug-likeness (QED) is 0.889. The summed E-state index contributed by atoms with van der Waals surface area (Å²) >= 11 is 0. The van der Waals surface area contributed by atoms with Crippen molar-refractivity contribution in [3.63, 3.8) is 0 Å². The molecule has 22 heavy (non-hydrogen) atoms. The average Bonchev–Trinajstić information content (AvgIpc) is 3.17. The number of benzene rings is 1. The molecule has 0 radical (unpaired) electrons. The van der Waals surface area contributed by atoms with Gasteiger partial charge in [-0.1, -0.05) is 48.8 Å². The van der Waals surface area contributed by atoms with Gasteiger partial charge in [0.2, 0.25) is 0 Å². The van der Waals surface area contributed by atoms with Gasteiger partial charge in [-0.25, -0.2) is 0 Å². The molecule has 4 nitrogen and oxygen atoms in total. The summed E-state index contributed by atoms with van der Waals surface area (Å²) in [6.07, 6.45) is 3.28. The Morgan fingerprint density at radius 1 is 1.32 bits per heavy atom. The van der Waals surface area contributed by atoms with Gasteiger partial charge in [-0.2, -0.15) is 0 Å². The minimum atomic E-state index is 0.0804. The number of aromatic nitrogens is 1. The number of nitrogens with zero attached hydrogens (tertiary/aromatic N) is 2. The Morgan fingerprint density at radius 2 is 2.14 bits per heavy atom. The molecule has 1 atom stereocenters. The maximum atomic E-state index is 9.72. The van der Waals surface area contributed by atoms with Crippen LogP contribution in [0.2, 0.25) is 0 Å². The molecule has 3 rings (SSSR count). The largest absolute Gasteiger partial charge is 0.396 e. The van der Waals surface area contributed by atoms with Crippen LogP contribution in [0, 0.1) is 5.41 Å². The predicted octanol–water partition coefficient (Wildman–Crippen LogP) is 3.33. The first-order valence-electron chi connectivity index (χ1n) is 8.09. The van der Waals surface area contributed by atoms with Crippen LogP contribution in [0.5, 0.6) is 0 Å². The summed E-state index contributed by atoms with van der Waals surface area (Å²) in [5.74, 6) is 0.893. The van der Waals surface area contributed by atoms with E-state index < -0.39 is 0 Å². The summed E-state index contributed by atoms with van der Waals surface area (Å²) < 4.78 is 5.49. The first kappa shape index (κ1) is 15.3. The molecule has 118 valence electrons. The van der Waals surface area contributed by atoms with E-state index in [-0.39, 0.29) is 12.0 Å². The highest BCUT2D eigenvalue weighted by molar-refractivity contribution is 5.58. The summed E-state index contributed by atoms with van der Waals surface area (Å²) in [5.41, 5.74) is 2.04. The molecule has 1 unspecified atom stereocenters. The van der Waals surface area contributed by atoms with Crippen molar-refractivity contribution in [3.05, 3.63) is 42.2 Å². The van der Waals surface area contributed by atoms with Gasteiger partial charge in [-0.3, -0.25) is 4.90 Å². The minimum Gasteiger partial charge on any atom is -0.396 e. The zero-order valence-electron chi connectivity index (χ0n) is 13.2. The highest BCUT2D eigenvalue weighted by Gasteiger charge is 2.36. The van der Waals surface area contributed by atoms with Crippen molar-refractivity contribution in [3.8, 4) is 11.3 Å². The van der Waals surface area contributed by atoms with Gasteiger partial charge in [-0.15, -0.1) is 0 Å². The second kappa shape index (κ2) is 6.63. The minimum absolute atomic E-state index is 0.0804. The standard InChI is InChI=1S/C18H24N2O2/c1-2-8-18(14-21)9-10-20(13-18)12-16-11-17(19-22-16)15-6-4-3-5-7-15/h3-7,11,21H,2,8-10,12-14H2,1H3. The van der Waals surface area contributed by atoms with Gasteiger partial charge < -0.3 is 9.63 Å². The molecule has 0 saturated carbocycles. The summed E-state index contributed by atoms with van der Waals surface area (Å²) in [4.78, 5) is 2.36. The van der Waals surface area contributed by atoms with Crippen molar-refractivity contribution in [2.24, 2.45) is 5.41 Å². The predicted molar refractivity (Wildman–Crippen MR) is 86.3 cm³/mol. The van der Waals surface area contributed by atoms with Gasteiger partial charge in [0, 0.05) is 30.2 Å². The summed E-state index contributed by atoms with van der Waals surface area (Å²) in [6.45, 7) is 5.19. The first-order valence-corrected chi connectivity index (χ1v) is 8.09. The van der Waals surface area contributed by atoms with Crippen molar-refractivity contribution < 1.29 is 9.63 Å². The summed E-state index contributed by atoms with van der Waals surface area (Å²) in [7, 11) is 0. The molecule has 2 aromatic rings. The number of likely N-dealkylation sites (tertiary alicyclic amines) is 1.